The molecule has 0 bridgehead atoms. The predicted molar refractivity (Wildman–Crippen MR) is 72.7 cm³/mol. The van der Waals surface area contributed by atoms with Crippen LogP contribution >= 0.6 is 11.8 Å². The fourth-order valence-electron chi connectivity index (χ4n) is 1.78. The molecule has 0 aliphatic carbocycles. The summed E-state index contributed by atoms with van der Waals surface area (Å²) < 4.78 is 0. The number of carbonyl (C=O) groups is 1. The van der Waals surface area contributed by atoms with Crippen molar-refractivity contribution in [1.82, 2.24) is 4.90 Å². The molecule has 1 amide bonds. The molecule has 1 heterocycles. The molecule has 1 fully saturated rings. The lowest BCUT2D eigenvalue weighted by molar-refractivity contribution is -0.125. The van der Waals surface area contributed by atoms with Crippen molar-refractivity contribution in [3.63, 3.8) is 0 Å². The lowest BCUT2D eigenvalue weighted by atomic mass is 10.2. The Balaban J connectivity index is 2.30. The Labute approximate surface area is 106 Å². The Morgan fingerprint density at radius 2 is 2.18 bits per heavy atom. The SMILES string of the molecule is Cc1cccc(N=C2SCC(=O)N2C(C)C)c1. The van der Waals surface area contributed by atoms with Gasteiger partial charge in [-0.15, -0.1) is 0 Å². The summed E-state index contributed by atoms with van der Waals surface area (Å²) in [5, 5.41) is 0.815. The molecular weight excluding hydrogens is 232 g/mol. The summed E-state index contributed by atoms with van der Waals surface area (Å²) in [5.74, 6) is 0.652. The summed E-state index contributed by atoms with van der Waals surface area (Å²) in [6, 6.07) is 8.17. The molecule has 1 aromatic rings. The van der Waals surface area contributed by atoms with E-state index in [1.54, 1.807) is 4.90 Å². The van der Waals surface area contributed by atoms with Crippen molar-refractivity contribution in [1.29, 1.82) is 0 Å². The van der Waals surface area contributed by atoms with Crippen LogP contribution in [0.4, 0.5) is 5.69 Å². The van der Waals surface area contributed by atoms with Crippen LogP contribution in [-0.4, -0.2) is 27.8 Å². The zero-order chi connectivity index (χ0) is 12.4. The smallest absolute Gasteiger partial charge is 0.239 e. The number of aliphatic imine (C=N–C) groups is 1. The van der Waals surface area contributed by atoms with E-state index in [0.29, 0.717) is 5.75 Å². The highest BCUT2D eigenvalue weighted by Gasteiger charge is 2.30. The van der Waals surface area contributed by atoms with Gasteiger partial charge in [0.1, 0.15) is 0 Å². The number of amidine groups is 1. The first-order chi connectivity index (χ1) is 8.08. The highest BCUT2D eigenvalue weighted by molar-refractivity contribution is 8.15. The average Bonchev–Trinajstić information content (AvgIpc) is 2.59. The maximum atomic E-state index is 11.7. The van der Waals surface area contributed by atoms with Gasteiger partial charge in [-0.1, -0.05) is 23.9 Å². The Hall–Kier alpha value is -1.29. The summed E-state index contributed by atoms with van der Waals surface area (Å²) >= 11 is 1.51. The van der Waals surface area contributed by atoms with Crippen LogP contribution in [0, 0.1) is 6.92 Å². The van der Waals surface area contributed by atoms with Crippen molar-refractivity contribution in [2.45, 2.75) is 26.8 Å². The van der Waals surface area contributed by atoms with E-state index in [1.807, 2.05) is 45.0 Å². The van der Waals surface area contributed by atoms with Crippen molar-refractivity contribution < 1.29 is 4.79 Å². The third-order valence-electron chi connectivity index (χ3n) is 2.54. The zero-order valence-electron chi connectivity index (χ0n) is 10.3. The van der Waals surface area contributed by atoms with Gasteiger partial charge in [0.2, 0.25) is 5.91 Å². The number of amides is 1. The molecule has 1 aromatic carbocycles. The fraction of sp³-hybridized carbons (Fsp3) is 0.385. The number of hydrogen-bond acceptors (Lipinski definition) is 3. The standard InChI is InChI=1S/C13H16N2OS/c1-9(2)15-12(16)8-17-13(15)14-11-6-4-5-10(3)7-11/h4-7,9H,8H2,1-3H3. The fourth-order valence-corrected chi connectivity index (χ4v) is 2.79. The van der Waals surface area contributed by atoms with E-state index in [0.717, 1.165) is 10.9 Å². The van der Waals surface area contributed by atoms with Gasteiger partial charge in [0.05, 0.1) is 11.4 Å². The van der Waals surface area contributed by atoms with Gasteiger partial charge >= 0.3 is 0 Å². The Bertz CT molecular complexity index is 468. The lowest BCUT2D eigenvalue weighted by Crippen LogP contribution is -2.35. The van der Waals surface area contributed by atoms with E-state index < -0.39 is 0 Å². The van der Waals surface area contributed by atoms with Gasteiger partial charge in [0, 0.05) is 6.04 Å². The molecular formula is C13H16N2OS. The summed E-state index contributed by atoms with van der Waals surface area (Å²) in [5.41, 5.74) is 2.09. The second-order valence-electron chi connectivity index (χ2n) is 4.38. The zero-order valence-corrected chi connectivity index (χ0v) is 11.1. The van der Waals surface area contributed by atoms with Crippen LogP contribution < -0.4 is 0 Å². The molecule has 17 heavy (non-hydrogen) atoms. The van der Waals surface area contributed by atoms with Crippen LogP contribution in [-0.2, 0) is 4.79 Å². The van der Waals surface area contributed by atoms with Crippen LogP contribution in [0.2, 0.25) is 0 Å². The van der Waals surface area contributed by atoms with Crippen LogP contribution in [0.3, 0.4) is 0 Å². The second-order valence-corrected chi connectivity index (χ2v) is 5.32. The minimum atomic E-state index is 0.149. The topological polar surface area (TPSA) is 32.7 Å². The second kappa shape index (κ2) is 4.92. The van der Waals surface area contributed by atoms with Crippen LogP contribution in [0.5, 0.6) is 0 Å². The van der Waals surface area contributed by atoms with Crippen LogP contribution in [0.15, 0.2) is 29.3 Å². The third kappa shape index (κ3) is 2.69. The quantitative estimate of drug-likeness (QED) is 0.806. The van der Waals surface area contributed by atoms with Crippen LogP contribution in [0.25, 0.3) is 0 Å². The Morgan fingerprint density at radius 1 is 1.41 bits per heavy atom. The normalized spacial score (nSPS) is 18.5. The van der Waals surface area contributed by atoms with E-state index in [9.17, 15) is 4.79 Å². The number of rotatable bonds is 2. The lowest BCUT2D eigenvalue weighted by Gasteiger charge is -2.20. The van der Waals surface area contributed by atoms with Crippen molar-refractivity contribution in [2.24, 2.45) is 4.99 Å². The third-order valence-corrected chi connectivity index (χ3v) is 3.48. The molecule has 90 valence electrons. The number of aryl methyl sites for hydroxylation is 1. The van der Waals surface area contributed by atoms with E-state index in [4.69, 9.17) is 0 Å². The van der Waals surface area contributed by atoms with Gasteiger partial charge in [-0.3, -0.25) is 9.69 Å². The summed E-state index contributed by atoms with van der Waals surface area (Å²) in [6.45, 7) is 6.06. The first kappa shape index (κ1) is 12.2. The summed E-state index contributed by atoms with van der Waals surface area (Å²) in [6.07, 6.45) is 0. The van der Waals surface area contributed by atoms with Gasteiger partial charge in [-0.05, 0) is 38.5 Å². The first-order valence-corrected chi connectivity index (χ1v) is 6.66. The monoisotopic (exact) mass is 248 g/mol. The molecule has 0 N–H and O–H groups in total. The van der Waals surface area contributed by atoms with Crippen molar-refractivity contribution in [3.05, 3.63) is 29.8 Å². The van der Waals surface area contributed by atoms with E-state index in [2.05, 4.69) is 4.99 Å². The molecule has 0 unspecified atom stereocenters. The first-order valence-electron chi connectivity index (χ1n) is 5.68. The number of carbonyl (C=O) groups excluding carboxylic acids is 1. The molecule has 1 aliphatic heterocycles. The molecule has 0 saturated carbocycles. The van der Waals surface area contributed by atoms with Gasteiger partial charge in [0.15, 0.2) is 5.17 Å². The minimum Gasteiger partial charge on any atom is -0.288 e. The van der Waals surface area contributed by atoms with Gasteiger partial charge in [0.25, 0.3) is 0 Å². The van der Waals surface area contributed by atoms with Crippen molar-refractivity contribution in [2.75, 3.05) is 5.75 Å². The maximum Gasteiger partial charge on any atom is 0.239 e. The Morgan fingerprint density at radius 3 is 2.82 bits per heavy atom. The molecule has 2 rings (SSSR count). The number of hydrogen-bond donors (Lipinski definition) is 0. The number of benzene rings is 1. The van der Waals surface area contributed by atoms with Gasteiger partial charge < -0.3 is 0 Å². The summed E-state index contributed by atoms with van der Waals surface area (Å²) in [4.78, 5) is 18.0. The largest absolute Gasteiger partial charge is 0.288 e. The van der Waals surface area contributed by atoms with E-state index >= 15 is 0 Å². The van der Waals surface area contributed by atoms with Gasteiger partial charge in [-0.2, -0.15) is 0 Å². The molecule has 3 nitrogen and oxygen atoms in total. The molecule has 0 aromatic heterocycles. The van der Waals surface area contributed by atoms with E-state index in [-0.39, 0.29) is 11.9 Å². The van der Waals surface area contributed by atoms with Crippen LogP contribution in [0.1, 0.15) is 19.4 Å². The predicted octanol–water partition coefficient (Wildman–Crippen LogP) is 2.97. The van der Waals surface area contributed by atoms with Crippen molar-refractivity contribution in [3.8, 4) is 0 Å². The summed E-state index contributed by atoms with van der Waals surface area (Å²) in [7, 11) is 0. The number of thioether (sulfide) groups is 1. The maximum absolute atomic E-state index is 11.7. The average molecular weight is 248 g/mol. The van der Waals surface area contributed by atoms with E-state index in [1.165, 1.54) is 17.3 Å². The molecule has 1 saturated heterocycles. The van der Waals surface area contributed by atoms with Gasteiger partial charge in [-0.25, -0.2) is 4.99 Å². The molecule has 1 aliphatic rings. The number of nitrogens with zero attached hydrogens (tertiary/aromatic N) is 2. The minimum absolute atomic E-state index is 0.149. The highest BCUT2D eigenvalue weighted by Crippen LogP contribution is 2.25. The molecule has 0 spiro atoms. The Kier molecular flexibility index (Phi) is 3.52. The van der Waals surface area contributed by atoms with Crippen molar-refractivity contribution >= 4 is 28.5 Å². The highest BCUT2D eigenvalue weighted by atomic mass is 32.2. The molecule has 4 heteroatoms. The molecule has 0 atom stereocenters. The molecule has 0 radical (unpaired) electrons.